The smallest absolute Gasteiger partial charge is 0.325 e. The SMILES string of the molecule is CCn1c(-c2cc(N3CCN(C)CC3)cnc2[C@H](C)OC)c2c3cc(ccc31)-c1csc(n1)C[C@H](NC(=O)C1[C@@H](C)[C@H]1C)C(=O)N1C[C@@H]3CC[C@@H]3[C@H](N1)C(=O)OCC(C)(C)C2. The molecule has 2 N–H and O–H groups in total. The Kier molecular flexibility index (Phi) is 11.3. The summed E-state index contributed by atoms with van der Waals surface area (Å²) in [4.78, 5) is 57.3. The lowest BCUT2D eigenvalue weighted by Crippen LogP contribution is -2.67. The molecule has 8 atom stereocenters. The number of ether oxygens (including phenoxy) is 2. The first-order chi connectivity index (χ1) is 29.2. The summed E-state index contributed by atoms with van der Waals surface area (Å²) in [5, 5.41) is 8.65. The lowest BCUT2D eigenvalue weighted by Gasteiger charge is -2.49. The predicted molar refractivity (Wildman–Crippen MR) is 238 cm³/mol. The molecule has 3 aliphatic heterocycles. The number of piperazine rings is 1. The fourth-order valence-corrected chi connectivity index (χ4v) is 11.2. The van der Waals surface area contributed by atoms with E-state index in [0.717, 1.165) is 101 Å². The van der Waals surface area contributed by atoms with Crippen LogP contribution in [-0.2, 0) is 43.2 Å². The zero-order valence-electron chi connectivity index (χ0n) is 37.0. The number of nitrogens with zero attached hydrogens (tertiary/aromatic N) is 6. The van der Waals surface area contributed by atoms with Gasteiger partial charge in [0.15, 0.2) is 0 Å². The highest BCUT2D eigenvalue weighted by Gasteiger charge is 2.51. The number of esters is 1. The molecule has 5 aliphatic rings. The molecule has 9 rings (SSSR count). The zero-order valence-corrected chi connectivity index (χ0v) is 37.8. The van der Waals surface area contributed by atoms with Crippen molar-refractivity contribution in [1.82, 2.24) is 35.2 Å². The van der Waals surface area contributed by atoms with Crippen LogP contribution in [0, 0.1) is 35.0 Å². The summed E-state index contributed by atoms with van der Waals surface area (Å²) in [6.07, 6.45) is 4.46. The molecule has 14 heteroatoms. The summed E-state index contributed by atoms with van der Waals surface area (Å²) in [6.45, 7) is 18.0. The van der Waals surface area contributed by atoms with E-state index < -0.39 is 17.5 Å². The summed E-state index contributed by atoms with van der Waals surface area (Å²) < 4.78 is 14.7. The maximum atomic E-state index is 14.5. The predicted octanol–water partition coefficient (Wildman–Crippen LogP) is 6.10. The van der Waals surface area contributed by atoms with E-state index in [1.807, 2.05) is 6.20 Å². The van der Waals surface area contributed by atoms with Crippen LogP contribution in [-0.4, -0.2) is 108 Å². The third kappa shape index (κ3) is 7.87. The van der Waals surface area contributed by atoms with Crippen LogP contribution in [0.4, 0.5) is 5.69 Å². The molecule has 2 saturated heterocycles. The number of amides is 2. The monoisotopic (exact) mass is 850 g/mol. The fourth-order valence-electron chi connectivity index (χ4n) is 10.3. The van der Waals surface area contributed by atoms with Gasteiger partial charge in [0.1, 0.15) is 12.1 Å². The summed E-state index contributed by atoms with van der Waals surface area (Å²) >= 11 is 1.51. The Morgan fingerprint density at radius 1 is 1.11 bits per heavy atom. The van der Waals surface area contributed by atoms with Crippen molar-refractivity contribution in [2.24, 2.45) is 35.0 Å². The van der Waals surface area contributed by atoms with E-state index in [1.54, 1.807) is 12.1 Å². The van der Waals surface area contributed by atoms with E-state index in [4.69, 9.17) is 19.4 Å². The number of hydrazine groups is 1. The molecule has 4 aromatic rings. The minimum atomic E-state index is -0.834. The van der Waals surface area contributed by atoms with Crippen LogP contribution >= 0.6 is 11.3 Å². The van der Waals surface area contributed by atoms with Gasteiger partial charge in [0.05, 0.1) is 46.7 Å². The van der Waals surface area contributed by atoms with Gasteiger partial charge < -0.3 is 29.2 Å². The van der Waals surface area contributed by atoms with E-state index in [0.29, 0.717) is 13.0 Å². The first-order valence-corrected chi connectivity index (χ1v) is 23.2. The number of pyridine rings is 1. The van der Waals surface area contributed by atoms with Gasteiger partial charge in [0, 0.05) is 91.5 Å². The van der Waals surface area contributed by atoms with Crippen molar-refractivity contribution in [2.45, 2.75) is 92.0 Å². The maximum absolute atomic E-state index is 14.5. The third-order valence-corrected chi connectivity index (χ3v) is 15.5. The van der Waals surface area contributed by atoms with Gasteiger partial charge in [-0.2, -0.15) is 0 Å². The van der Waals surface area contributed by atoms with Crippen molar-refractivity contribution in [3.8, 4) is 22.5 Å². The van der Waals surface area contributed by atoms with Crippen LogP contribution in [0.2, 0.25) is 0 Å². The number of fused-ring (bicyclic) bond motifs is 8. The number of carbonyl (C=O) groups excluding carboxylic acids is 3. The van der Waals surface area contributed by atoms with Gasteiger partial charge in [-0.15, -0.1) is 11.3 Å². The van der Waals surface area contributed by atoms with Crippen LogP contribution in [0.3, 0.4) is 0 Å². The number of thiazole rings is 1. The third-order valence-electron chi connectivity index (χ3n) is 14.6. The summed E-state index contributed by atoms with van der Waals surface area (Å²) in [5.74, 6) is -0.0108. The van der Waals surface area contributed by atoms with Gasteiger partial charge in [-0.25, -0.2) is 10.4 Å². The summed E-state index contributed by atoms with van der Waals surface area (Å²) in [5.41, 5.74) is 11.0. The molecule has 13 nitrogen and oxygen atoms in total. The minimum absolute atomic E-state index is 0.0850. The molecule has 0 spiro atoms. The minimum Gasteiger partial charge on any atom is -0.464 e. The molecule has 1 unspecified atom stereocenters. The van der Waals surface area contributed by atoms with E-state index in [9.17, 15) is 14.4 Å². The van der Waals surface area contributed by atoms with Gasteiger partial charge in [-0.05, 0) is 87.6 Å². The van der Waals surface area contributed by atoms with Gasteiger partial charge in [0.2, 0.25) is 5.91 Å². The van der Waals surface area contributed by atoms with Crippen LogP contribution < -0.4 is 15.6 Å². The highest BCUT2D eigenvalue weighted by molar-refractivity contribution is 7.10. The first kappa shape index (κ1) is 42.0. The number of aryl methyl sites for hydroxylation is 1. The number of anilines is 1. The molecule has 2 amide bonds. The molecule has 2 aliphatic carbocycles. The number of hydrogen-bond donors (Lipinski definition) is 2. The Balaban J connectivity index is 1.17. The number of rotatable bonds is 7. The second kappa shape index (κ2) is 16.4. The Morgan fingerprint density at radius 2 is 1.89 bits per heavy atom. The lowest BCUT2D eigenvalue weighted by molar-refractivity contribution is -0.165. The molecule has 6 bridgehead atoms. The number of hydrogen-bond acceptors (Lipinski definition) is 11. The van der Waals surface area contributed by atoms with Crippen molar-refractivity contribution in [2.75, 3.05) is 58.4 Å². The highest BCUT2D eigenvalue weighted by Crippen LogP contribution is 2.46. The molecule has 326 valence electrons. The van der Waals surface area contributed by atoms with E-state index in [-0.39, 0.29) is 66.5 Å². The van der Waals surface area contributed by atoms with Crippen LogP contribution in [0.1, 0.15) is 76.8 Å². The normalized spacial score (nSPS) is 28.4. The van der Waals surface area contributed by atoms with Crippen LogP contribution in [0.25, 0.3) is 33.4 Å². The van der Waals surface area contributed by atoms with Crippen molar-refractivity contribution < 1.29 is 23.9 Å². The Hall–Kier alpha value is -4.37. The number of benzene rings is 1. The van der Waals surface area contributed by atoms with Gasteiger partial charge >= 0.3 is 5.97 Å². The van der Waals surface area contributed by atoms with E-state index in [2.05, 4.69) is 103 Å². The molecule has 6 heterocycles. The summed E-state index contributed by atoms with van der Waals surface area (Å²) in [7, 11) is 3.90. The average Bonchev–Trinajstić information content (AvgIpc) is 3.50. The standard InChI is InChI=1S/C47H62N8O5S/c1-9-54-38-13-11-29-18-33(38)35(43(54)34-19-31(22-48-41(34)28(4)59-8)53-16-14-52(7)15-17-53)21-47(5,6)25-60-46(58)42-32-12-10-30(32)23-55(51-42)45(57)36(20-39-49-37(29)24-61-39)50-44(56)40-26(2)27(40)3/h11,13,18-19,22,24,26-28,30,32,36,40,42,51H,9-10,12,14-17,20-21,23,25H2,1-8H3,(H,50,56)/t26-,27+,28-,30-,32-,36-,40?,42-/m0/s1. The number of aromatic nitrogens is 3. The number of cyclic esters (lactones) is 1. The Labute approximate surface area is 363 Å². The van der Waals surface area contributed by atoms with Crippen molar-refractivity contribution in [3.05, 3.63) is 52.1 Å². The van der Waals surface area contributed by atoms with E-state index >= 15 is 0 Å². The number of carbonyl (C=O) groups is 3. The van der Waals surface area contributed by atoms with E-state index in [1.165, 1.54) is 11.3 Å². The fraction of sp³-hybridized carbons (Fsp3) is 0.596. The highest BCUT2D eigenvalue weighted by atomic mass is 32.1. The second-order valence-corrected chi connectivity index (χ2v) is 20.2. The Morgan fingerprint density at radius 3 is 2.57 bits per heavy atom. The van der Waals surface area contributed by atoms with Crippen molar-refractivity contribution >= 4 is 45.7 Å². The van der Waals surface area contributed by atoms with Gasteiger partial charge in [-0.1, -0.05) is 33.8 Å². The quantitative estimate of drug-likeness (QED) is 0.210. The average molecular weight is 851 g/mol. The van der Waals surface area contributed by atoms with Crippen molar-refractivity contribution in [1.29, 1.82) is 0 Å². The number of methoxy groups -OCH3 is 1. The molecule has 1 aromatic carbocycles. The zero-order chi connectivity index (χ0) is 42.9. The topological polar surface area (TPSA) is 134 Å². The van der Waals surface area contributed by atoms with Crippen LogP contribution in [0.5, 0.6) is 0 Å². The molecule has 0 radical (unpaired) electrons. The van der Waals surface area contributed by atoms with Gasteiger partial charge in [0.25, 0.3) is 5.91 Å². The van der Waals surface area contributed by atoms with Crippen LogP contribution in [0.15, 0.2) is 35.8 Å². The molecule has 4 fully saturated rings. The number of likely N-dealkylation sites (N-methyl/N-ethyl adjacent to an activating group) is 1. The maximum Gasteiger partial charge on any atom is 0.325 e. The lowest BCUT2D eigenvalue weighted by atomic mass is 9.68. The molecular formula is C47H62N8O5S. The number of nitrogens with one attached hydrogen (secondary N) is 2. The largest absolute Gasteiger partial charge is 0.464 e. The Bertz CT molecular complexity index is 2320. The van der Waals surface area contributed by atoms with Crippen molar-refractivity contribution in [3.63, 3.8) is 0 Å². The summed E-state index contributed by atoms with van der Waals surface area (Å²) in [6, 6.07) is 7.40. The van der Waals surface area contributed by atoms with Gasteiger partial charge in [-0.3, -0.25) is 24.4 Å². The first-order valence-electron chi connectivity index (χ1n) is 22.4. The molecule has 61 heavy (non-hydrogen) atoms. The molecule has 2 saturated carbocycles. The molecular weight excluding hydrogens is 789 g/mol. The molecule has 3 aromatic heterocycles. The second-order valence-electron chi connectivity index (χ2n) is 19.2.